The molecule has 7 heteroatoms. The van der Waals surface area contributed by atoms with Crippen molar-refractivity contribution in [2.24, 2.45) is 0 Å². The van der Waals surface area contributed by atoms with Gasteiger partial charge in [-0.05, 0) is 19.1 Å². The van der Waals surface area contributed by atoms with Crippen molar-refractivity contribution in [2.75, 3.05) is 11.4 Å². The van der Waals surface area contributed by atoms with Gasteiger partial charge in [0.1, 0.15) is 12.7 Å². The summed E-state index contributed by atoms with van der Waals surface area (Å²) < 4.78 is 12.9. The summed E-state index contributed by atoms with van der Waals surface area (Å²) in [7, 11) is 0. The number of nitrogens with zero attached hydrogens (tertiary/aromatic N) is 3. The Morgan fingerprint density at radius 3 is 3.00 bits per heavy atom. The molecule has 3 heterocycles. The number of imidazole rings is 1. The summed E-state index contributed by atoms with van der Waals surface area (Å²) in [4.78, 5) is 17.8. The molecular weight excluding hydrogens is 286 g/mol. The first-order valence-electron chi connectivity index (χ1n) is 7.10. The Balaban J connectivity index is 1.76. The predicted molar refractivity (Wildman–Crippen MR) is 77.2 cm³/mol. The predicted octanol–water partition coefficient (Wildman–Crippen LogP) is 1.47. The summed E-state index contributed by atoms with van der Waals surface area (Å²) in [6.07, 6.45) is 1.86. The SMILES string of the molecule is CC(O)[C@H]1CN(c2cccc3c2OCc2nccn2-3)C(=O)O1. The van der Waals surface area contributed by atoms with E-state index >= 15 is 0 Å². The topological polar surface area (TPSA) is 76.8 Å². The van der Waals surface area contributed by atoms with Crippen LogP contribution in [0.3, 0.4) is 0 Å². The minimum atomic E-state index is -0.713. The Morgan fingerprint density at radius 1 is 1.41 bits per heavy atom. The van der Waals surface area contributed by atoms with E-state index in [1.807, 2.05) is 29.0 Å². The first-order chi connectivity index (χ1) is 10.6. The van der Waals surface area contributed by atoms with Crippen molar-refractivity contribution in [3.05, 3.63) is 36.4 Å². The molecule has 1 aromatic heterocycles. The number of carbonyl (C=O) groups excluding carboxylic acids is 1. The van der Waals surface area contributed by atoms with Crippen molar-refractivity contribution in [1.82, 2.24) is 9.55 Å². The van der Waals surface area contributed by atoms with Gasteiger partial charge in [-0.15, -0.1) is 0 Å². The molecule has 7 nitrogen and oxygen atoms in total. The molecule has 2 atom stereocenters. The second-order valence-corrected chi connectivity index (χ2v) is 5.40. The van der Waals surface area contributed by atoms with Crippen LogP contribution in [-0.2, 0) is 11.3 Å². The van der Waals surface area contributed by atoms with Crippen molar-refractivity contribution in [1.29, 1.82) is 0 Å². The number of para-hydroxylation sites is 1. The zero-order chi connectivity index (χ0) is 15.3. The van der Waals surface area contributed by atoms with E-state index in [9.17, 15) is 9.90 Å². The summed E-state index contributed by atoms with van der Waals surface area (Å²) in [5, 5.41) is 9.63. The lowest BCUT2D eigenvalue weighted by Crippen LogP contribution is -2.29. The molecule has 1 aromatic carbocycles. The van der Waals surface area contributed by atoms with Crippen LogP contribution in [0.4, 0.5) is 10.5 Å². The molecule has 1 amide bonds. The minimum absolute atomic E-state index is 0.299. The quantitative estimate of drug-likeness (QED) is 0.909. The van der Waals surface area contributed by atoms with Gasteiger partial charge in [0.25, 0.3) is 0 Å². The van der Waals surface area contributed by atoms with Crippen molar-refractivity contribution in [2.45, 2.75) is 25.7 Å². The Kier molecular flexibility index (Phi) is 2.83. The Hall–Kier alpha value is -2.54. The molecule has 1 N–H and O–H groups in total. The van der Waals surface area contributed by atoms with E-state index in [0.29, 0.717) is 24.6 Å². The van der Waals surface area contributed by atoms with Crippen LogP contribution in [-0.4, -0.2) is 39.5 Å². The van der Waals surface area contributed by atoms with E-state index in [4.69, 9.17) is 9.47 Å². The van der Waals surface area contributed by atoms with Crippen molar-refractivity contribution in [3.63, 3.8) is 0 Å². The second kappa shape index (κ2) is 4.74. The Labute approximate surface area is 126 Å². The van der Waals surface area contributed by atoms with Gasteiger partial charge in [0.2, 0.25) is 0 Å². The van der Waals surface area contributed by atoms with Gasteiger partial charge in [-0.25, -0.2) is 9.78 Å². The lowest BCUT2D eigenvalue weighted by molar-refractivity contribution is 0.0437. The Morgan fingerprint density at radius 2 is 2.23 bits per heavy atom. The van der Waals surface area contributed by atoms with Crippen molar-refractivity contribution >= 4 is 11.8 Å². The lowest BCUT2D eigenvalue weighted by atomic mass is 10.2. The summed E-state index contributed by atoms with van der Waals surface area (Å²) in [6.45, 7) is 2.25. The van der Waals surface area contributed by atoms with E-state index in [1.165, 1.54) is 4.90 Å². The highest BCUT2D eigenvalue weighted by Crippen LogP contribution is 2.39. The minimum Gasteiger partial charge on any atom is -0.481 e. The number of rotatable bonds is 2. The van der Waals surface area contributed by atoms with Crippen LogP contribution in [0.25, 0.3) is 5.69 Å². The number of aliphatic hydroxyl groups is 1. The molecule has 0 spiro atoms. The number of anilines is 1. The fourth-order valence-corrected chi connectivity index (χ4v) is 2.79. The highest BCUT2D eigenvalue weighted by molar-refractivity contribution is 5.92. The number of aromatic nitrogens is 2. The first-order valence-corrected chi connectivity index (χ1v) is 7.10. The maximum absolute atomic E-state index is 12.1. The van der Waals surface area contributed by atoms with Crippen LogP contribution < -0.4 is 9.64 Å². The zero-order valence-corrected chi connectivity index (χ0v) is 12.0. The first kappa shape index (κ1) is 13.1. The molecule has 1 saturated heterocycles. The van der Waals surface area contributed by atoms with Gasteiger partial charge in [0, 0.05) is 12.4 Å². The molecule has 114 valence electrons. The second-order valence-electron chi connectivity index (χ2n) is 5.40. The summed E-state index contributed by atoms with van der Waals surface area (Å²) in [6, 6.07) is 5.58. The molecule has 2 aromatic rings. The molecule has 0 bridgehead atoms. The number of hydrogen-bond donors (Lipinski definition) is 1. The average molecular weight is 301 g/mol. The van der Waals surface area contributed by atoms with Crippen LogP contribution in [0.15, 0.2) is 30.6 Å². The third-order valence-electron chi connectivity index (χ3n) is 3.96. The van der Waals surface area contributed by atoms with Gasteiger partial charge in [0.05, 0.1) is 24.0 Å². The standard InChI is InChI=1S/C15H15N3O4/c1-9(19)12-7-18(15(20)22-12)11-4-2-3-10-14(11)21-8-13-16-5-6-17(10)13/h2-6,9,12,19H,7-8H2,1H3/t9?,12-/m1/s1. The molecule has 4 rings (SSSR count). The van der Waals surface area contributed by atoms with Gasteiger partial charge in [0.15, 0.2) is 11.6 Å². The van der Waals surface area contributed by atoms with Gasteiger partial charge in [-0.2, -0.15) is 0 Å². The number of aliphatic hydroxyl groups excluding tert-OH is 1. The summed E-state index contributed by atoms with van der Waals surface area (Å²) >= 11 is 0. The van der Waals surface area contributed by atoms with Crippen molar-refractivity contribution < 1.29 is 19.4 Å². The zero-order valence-electron chi connectivity index (χ0n) is 12.0. The number of carbonyl (C=O) groups is 1. The summed E-state index contributed by atoms with van der Waals surface area (Å²) in [5.74, 6) is 1.44. The van der Waals surface area contributed by atoms with Gasteiger partial charge in [-0.3, -0.25) is 9.47 Å². The fraction of sp³-hybridized carbons (Fsp3) is 0.333. The third kappa shape index (κ3) is 1.86. The van der Waals surface area contributed by atoms with E-state index in [-0.39, 0.29) is 0 Å². The molecular formula is C15H15N3O4. The van der Waals surface area contributed by atoms with Gasteiger partial charge >= 0.3 is 6.09 Å². The van der Waals surface area contributed by atoms with E-state index in [2.05, 4.69) is 4.98 Å². The number of ether oxygens (including phenoxy) is 2. The molecule has 1 unspecified atom stereocenters. The lowest BCUT2D eigenvalue weighted by Gasteiger charge is -2.24. The number of fused-ring (bicyclic) bond motifs is 3. The number of cyclic esters (lactones) is 1. The Bertz CT molecular complexity index is 740. The third-order valence-corrected chi connectivity index (χ3v) is 3.96. The maximum atomic E-state index is 12.1. The smallest absolute Gasteiger partial charge is 0.414 e. The van der Waals surface area contributed by atoms with Crippen LogP contribution in [0.1, 0.15) is 12.7 Å². The average Bonchev–Trinajstić information content (AvgIpc) is 3.12. The molecule has 0 aliphatic carbocycles. The number of amides is 1. The van der Waals surface area contributed by atoms with E-state index in [1.54, 1.807) is 13.1 Å². The van der Waals surface area contributed by atoms with Gasteiger partial charge < -0.3 is 14.6 Å². The number of benzene rings is 1. The molecule has 0 radical (unpaired) electrons. The summed E-state index contributed by atoms with van der Waals surface area (Å²) in [5.41, 5.74) is 1.48. The maximum Gasteiger partial charge on any atom is 0.414 e. The van der Waals surface area contributed by atoms with Crippen LogP contribution in [0.5, 0.6) is 5.75 Å². The molecule has 22 heavy (non-hydrogen) atoms. The van der Waals surface area contributed by atoms with E-state index in [0.717, 1.165) is 11.5 Å². The largest absolute Gasteiger partial charge is 0.481 e. The van der Waals surface area contributed by atoms with E-state index < -0.39 is 18.3 Å². The van der Waals surface area contributed by atoms with Gasteiger partial charge in [-0.1, -0.05) is 6.07 Å². The molecule has 2 aliphatic heterocycles. The van der Waals surface area contributed by atoms with Crippen LogP contribution >= 0.6 is 0 Å². The highest BCUT2D eigenvalue weighted by atomic mass is 16.6. The van der Waals surface area contributed by atoms with Crippen molar-refractivity contribution in [3.8, 4) is 11.4 Å². The molecule has 1 fully saturated rings. The molecule has 2 aliphatic rings. The monoisotopic (exact) mass is 301 g/mol. The van der Waals surface area contributed by atoms with Crippen LogP contribution in [0, 0.1) is 0 Å². The number of hydrogen-bond acceptors (Lipinski definition) is 5. The highest BCUT2D eigenvalue weighted by Gasteiger charge is 2.37. The van der Waals surface area contributed by atoms with Crippen LogP contribution in [0.2, 0.25) is 0 Å². The normalized spacial score (nSPS) is 20.9. The molecule has 0 saturated carbocycles. The fourth-order valence-electron chi connectivity index (χ4n) is 2.79.